The first-order valence-electron chi connectivity index (χ1n) is 6.59. The third-order valence-electron chi connectivity index (χ3n) is 3.74. The Balaban J connectivity index is 2.34. The summed E-state index contributed by atoms with van der Waals surface area (Å²) in [6.45, 7) is 7.79. The van der Waals surface area contributed by atoms with Crippen LogP contribution in [0.3, 0.4) is 0 Å². The summed E-state index contributed by atoms with van der Waals surface area (Å²) in [6.07, 6.45) is 5.07. The van der Waals surface area contributed by atoms with Crippen molar-refractivity contribution in [2.45, 2.75) is 46.0 Å². The molecular formula is C13H25NO2. The van der Waals surface area contributed by atoms with Gasteiger partial charge in [-0.1, -0.05) is 26.7 Å². The number of carboxylic acids is 1. The van der Waals surface area contributed by atoms with Crippen molar-refractivity contribution in [3.05, 3.63) is 0 Å². The van der Waals surface area contributed by atoms with Crippen LogP contribution >= 0.6 is 0 Å². The average Bonchev–Trinajstić information content (AvgIpc) is 2.25. The summed E-state index contributed by atoms with van der Waals surface area (Å²) >= 11 is 0. The lowest BCUT2D eigenvalue weighted by molar-refractivity contribution is -0.138. The van der Waals surface area contributed by atoms with Crippen molar-refractivity contribution in [3.63, 3.8) is 0 Å². The van der Waals surface area contributed by atoms with E-state index in [1.165, 1.54) is 12.8 Å². The van der Waals surface area contributed by atoms with Crippen LogP contribution in [0.4, 0.5) is 0 Å². The standard InChI is InChI=1S/C13H25NO2/c1-3-11(4-2)9-14-7-5-6-12(10-14)8-13(15)16/h11-12H,3-10H2,1-2H3,(H,15,16). The number of nitrogens with zero attached hydrogens (tertiary/aromatic N) is 1. The Labute approximate surface area is 98.8 Å². The Bertz CT molecular complexity index is 214. The average molecular weight is 227 g/mol. The third kappa shape index (κ3) is 4.52. The number of aliphatic carboxylic acids is 1. The van der Waals surface area contributed by atoms with Gasteiger partial charge in [0.05, 0.1) is 0 Å². The van der Waals surface area contributed by atoms with Crippen LogP contribution in [-0.4, -0.2) is 35.6 Å². The molecule has 1 aliphatic heterocycles. The summed E-state index contributed by atoms with van der Waals surface area (Å²) in [4.78, 5) is 13.2. The zero-order valence-corrected chi connectivity index (χ0v) is 10.6. The molecule has 1 saturated heterocycles. The Morgan fingerprint density at radius 2 is 2.12 bits per heavy atom. The molecule has 3 nitrogen and oxygen atoms in total. The van der Waals surface area contributed by atoms with Gasteiger partial charge in [0.1, 0.15) is 0 Å². The van der Waals surface area contributed by atoms with Gasteiger partial charge in [-0.15, -0.1) is 0 Å². The molecule has 1 aliphatic rings. The fourth-order valence-electron chi connectivity index (χ4n) is 2.64. The van der Waals surface area contributed by atoms with E-state index in [-0.39, 0.29) is 0 Å². The van der Waals surface area contributed by atoms with E-state index < -0.39 is 5.97 Å². The second-order valence-corrected chi connectivity index (χ2v) is 5.05. The quantitative estimate of drug-likeness (QED) is 0.758. The SMILES string of the molecule is CCC(CC)CN1CCCC(CC(=O)O)C1. The maximum absolute atomic E-state index is 10.7. The van der Waals surface area contributed by atoms with Gasteiger partial charge in [-0.3, -0.25) is 4.79 Å². The minimum Gasteiger partial charge on any atom is -0.481 e. The third-order valence-corrected chi connectivity index (χ3v) is 3.74. The van der Waals surface area contributed by atoms with E-state index in [2.05, 4.69) is 18.7 Å². The van der Waals surface area contributed by atoms with Gasteiger partial charge in [0.25, 0.3) is 0 Å². The fourth-order valence-corrected chi connectivity index (χ4v) is 2.64. The van der Waals surface area contributed by atoms with Crippen molar-refractivity contribution in [2.75, 3.05) is 19.6 Å². The molecule has 0 aromatic heterocycles. The first kappa shape index (κ1) is 13.5. The van der Waals surface area contributed by atoms with E-state index in [1.807, 2.05) is 0 Å². The van der Waals surface area contributed by atoms with Gasteiger partial charge in [0.2, 0.25) is 0 Å². The molecule has 0 aromatic carbocycles. The highest BCUT2D eigenvalue weighted by Crippen LogP contribution is 2.21. The van der Waals surface area contributed by atoms with Gasteiger partial charge in [-0.05, 0) is 31.2 Å². The van der Waals surface area contributed by atoms with Crippen LogP contribution in [0.1, 0.15) is 46.0 Å². The van der Waals surface area contributed by atoms with Gasteiger partial charge >= 0.3 is 5.97 Å². The summed E-state index contributed by atoms with van der Waals surface area (Å²) in [6, 6.07) is 0. The highest BCUT2D eigenvalue weighted by Gasteiger charge is 2.23. The van der Waals surface area contributed by atoms with E-state index in [0.29, 0.717) is 12.3 Å². The lowest BCUT2D eigenvalue weighted by Gasteiger charge is -2.34. The molecule has 0 radical (unpaired) electrons. The van der Waals surface area contributed by atoms with E-state index in [9.17, 15) is 4.79 Å². The van der Waals surface area contributed by atoms with Crippen molar-refractivity contribution >= 4 is 5.97 Å². The van der Waals surface area contributed by atoms with Gasteiger partial charge < -0.3 is 10.0 Å². The first-order valence-corrected chi connectivity index (χ1v) is 6.59. The topological polar surface area (TPSA) is 40.5 Å². The van der Waals surface area contributed by atoms with Crippen LogP contribution in [0.5, 0.6) is 0 Å². The molecule has 16 heavy (non-hydrogen) atoms. The van der Waals surface area contributed by atoms with Crippen molar-refractivity contribution in [1.82, 2.24) is 4.90 Å². The minimum atomic E-state index is -0.644. The summed E-state index contributed by atoms with van der Waals surface area (Å²) in [7, 11) is 0. The van der Waals surface area contributed by atoms with Crippen LogP contribution in [0.2, 0.25) is 0 Å². The molecule has 0 bridgehead atoms. The monoisotopic (exact) mass is 227 g/mol. The smallest absolute Gasteiger partial charge is 0.303 e. The molecule has 0 amide bonds. The summed E-state index contributed by atoms with van der Waals surface area (Å²) in [5, 5.41) is 8.81. The van der Waals surface area contributed by atoms with E-state index in [1.54, 1.807) is 0 Å². The van der Waals surface area contributed by atoms with Crippen molar-refractivity contribution in [3.8, 4) is 0 Å². The summed E-state index contributed by atoms with van der Waals surface area (Å²) in [5.41, 5.74) is 0. The normalized spacial score (nSPS) is 22.6. The minimum absolute atomic E-state index is 0.347. The Morgan fingerprint density at radius 1 is 1.44 bits per heavy atom. The lowest BCUT2D eigenvalue weighted by atomic mass is 9.93. The Morgan fingerprint density at radius 3 is 2.69 bits per heavy atom. The van der Waals surface area contributed by atoms with E-state index >= 15 is 0 Å². The largest absolute Gasteiger partial charge is 0.481 e. The van der Waals surface area contributed by atoms with Crippen molar-refractivity contribution < 1.29 is 9.90 Å². The van der Waals surface area contributed by atoms with Gasteiger partial charge in [0, 0.05) is 19.5 Å². The second-order valence-electron chi connectivity index (χ2n) is 5.05. The van der Waals surface area contributed by atoms with Crippen LogP contribution in [-0.2, 0) is 4.79 Å². The highest BCUT2D eigenvalue weighted by atomic mass is 16.4. The lowest BCUT2D eigenvalue weighted by Crippen LogP contribution is -2.39. The zero-order chi connectivity index (χ0) is 12.0. The number of carboxylic acid groups (broad SMARTS) is 1. The molecule has 1 fully saturated rings. The maximum atomic E-state index is 10.7. The fraction of sp³-hybridized carbons (Fsp3) is 0.923. The Kier molecular flexibility index (Phi) is 5.81. The van der Waals surface area contributed by atoms with Crippen LogP contribution < -0.4 is 0 Å². The van der Waals surface area contributed by atoms with Crippen molar-refractivity contribution in [1.29, 1.82) is 0 Å². The number of likely N-dealkylation sites (tertiary alicyclic amines) is 1. The number of rotatable bonds is 6. The first-order chi connectivity index (χ1) is 7.65. The van der Waals surface area contributed by atoms with Crippen LogP contribution in [0.25, 0.3) is 0 Å². The molecular weight excluding hydrogens is 202 g/mol. The predicted molar refractivity (Wildman–Crippen MR) is 65.5 cm³/mol. The molecule has 94 valence electrons. The number of carbonyl (C=O) groups is 1. The molecule has 1 heterocycles. The van der Waals surface area contributed by atoms with Crippen LogP contribution in [0.15, 0.2) is 0 Å². The Hall–Kier alpha value is -0.570. The maximum Gasteiger partial charge on any atom is 0.303 e. The molecule has 1 atom stereocenters. The van der Waals surface area contributed by atoms with E-state index in [0.717, 1.165) is 38.4 Å². The predicted octanol–water partition coefficient (Wildman–Crippen LogP) is 2.61. The molecule has 0 spiro atoms. The summed E-state index contributed by atoms with van der Waals surface area (Å²) < 4.78 is 0. The zero-order valence-electron chi connectivity index (χ0n) is 10.6. The number of hydrogen-bond acceptors (Lipinski definition) is 2. The van der Waals surface area contributed by atoms with Crippen LogP contribution in [0, 0.1) is 11.8 Å². The van der Waals surface area contributed by atoms with Gasteiger partial charge in [-0.2, -0.15) is 0 Å². The summed E-state index contributed by atoms with van der Waals surface area (Å²) in [5.74, 6) is 0.513. The van der Waals surface area contributed by atoms with Gasteiger partial charge in [-0.25, -0.2) is 0 Å². The number of piperidine rings is 1. The molecule has 1 unspecified atom stereocenters. The highest BCUT2D eigenvalue weighted by molar-refractivity contribution is 5.67. The molecule has 3 heteroatoms. The van der Waals surface area contributed by atoms with Crippen molar-refractivity contribution in [2.24, 2.45) is 11.8 Å². The molecule has 0 aromatic rings. The molecule has 1 rings (SSSR count). The molecule has 1 N–H and O–H groups in total. The number of hydrogen-bond donors (Lipinski definition) is 1. The molecule has 0 saturated carbocycles. The molecule has 0 aliphatic carbocycles. The van der Waals surface area contributed by atoms with E-state index in [4.69, 9.17) is 5.11 Å². The van der Waals surface area contributed by atoms with Gasteiger partial charge in [0.15, 0.2) is 0 Å². The second kappa shape index (κ2) is 6.89.